The number of rotatable bonds is 1. The van der Waals surface area contributed by atoms with Gasteiger partial charge in [0.1, 0.15) is 11.6 Å². The summed E-state index contributed by atoms with van der Waals surface area (Å²) in [7, 11) is 0. The van der Waals surface area contributed by atoms with Crippen molar-refractivity contribution in [2.75, 3.05) is 5.73 Å². The van der Waals surface area contributed by atoms with Gasteiger partial charge in [0, 0.05) is 5.54 Å². The Morgan fingerprint density at radius 3 is 1.94 bits per heavy atom. The molecule has 16 heavy (non-hydrogen) atoms. The van der Waals surface area contributed by atoms with Gasteiger partial charge in [0.2, 0.25) is 0 Å². The monoisotopic (exact) mass is 223 g/mol. The van der Waals surface area contributed by atoms with Crippen LogP contribution in [0.3, 0.4) is 0 Å². The fourth-order valence-electron chi connectivity index (χ4n) is 2.09. The summed E-state index contributed by atoms with van der Waals surface area (Å²) in [5.41, 5.74) is 7.44. The van der Waals surface area contributed by atoms with E-state index in [1.165, 1.54) is 0 Å². The zero-order valence-corrected chi connectivity index (χ0v) is 11.7. The molecule has 1 rings (SSSR count). The van der Waals surface area contributed by atoms with Crippen LogP contribution in [0.25, 0.3) is 0 Å². The van der Waals surface area contributed by atoms with Crippen molar-refractivity contribution in [1.82, 2.24) is 9.55 Å². The Morgan fingerprint density at radius 1 is 1.12 bits per heavy atom. The molecule has 0 aliphatic rings. The molecule has 1 aromatic heterocycles. The lowest BCUT2D eigenvalue weighted by atomic mass is 9.90. The predicted molar refractivity (Wildman–Crippen MR) is 69.5 cm³/mol. The third-order valence-corrected chi connectivity index (χ3v) is 2.53. The van der Waals surface area contributed by atoms with E-state index in [9.17, 15) is 0 Å². The van der Waals surface area contributed by atoms with Crippen molar-refractivity contribution in [3.63, 3.8) is 0 Å². The van der Waals surface area contributed by atoms with Crippen LogP contribution >= 0.6 is 0 Å². The van der Waals surface area contributed by atoms with Gasteiger partial charge in [-0.05, 0) is 39.5 Å². The topological polar surface area (TPSA) is 43.8 Å². The van der Waals surface area contributed by atoms with Gasteiger partial charge in [0.15, 0.2) is 0 Å². The minimum atomic E-state index is -0.00268. The van der Waals surface area contributed by atoms with Crippen LogP contribution in [-0.2, 0) is 12.0 Å². The summed E-state index contributed by atoms with van der Waals surface area (Å²) in [6.07, 6.45) is 0.919. The van der Waals surface area contributed by atoms with Crippen LogP contribution in [0, 0.1) is 12.3 Å². The van der Waals surface area contributed by atoms with Crippen LogP contribution < -0.4 is 5.73 Å². The molecule has 0 bridgehead atoms. The normalized spacial score (nSPS) is 13.2. The fraction of sp³-hybridized carbons (Fsp3) is 0.769. The second-order valence-corrected chi connectivity index (χ2v) is 6.73. The minimum Gasteiger partial charge on any atom is -0.384 e. The molecular formula is C13H25N3. The molecule has 0 saturated carbocycles. The van der Waals surface area contributed by atoms with Crippen molar-refractivity contribution in [3.8, 4) is 0 Å². The molecular weight excluding hydrogens is 198 g/mol. The molecule has 0 saturated heterocycles. The summed E-state index contributed by atoms with van der Waals surface area (Å²) in [5.74, 6) is 1.82. The molecule has 3 nitrogen and oxygen atoms in total. The Balaban J connectivity index is 3.18. The average molecular weight is 223 g/mol. The summed E-state index contributed by atoms with van der Waals surface area (Å²) >= 11 is 0. The highest BCUT2D eigenvalue weighted by Gasteiger charge is 2.24. The maximum absolute atomic E-state index is 6.20. The molecule has 92 valence electrons. The first-order valence-electron chi connectivity index (χ1n) is 5.86. The fourth-order valence-corrected chi connectivity index (χ4v) is 2.09. The Kier molecular flexibility index (Phi) is 3.10. The first-order chi connectivity index (χ1) is 7.02. The van der Waals surface area contributed by atoms with Gasteiger partial charge in [-0.15, -0.1) is 0 Å². The number of hydrogen-bond acceptors (Lipinski definition) is 2. The molecule has 0 aliphatic heterocycles. The quantitative estimate of drug-likeness (QED) is 0.795. The van der Waals surface area contributed by atoms with E-state index in [4.69, 9.17) is 5.73 Å². The van der Waals surface area contributed by atoms with E-state index in [1.807, 2.05) is 6.92 Å². The summed E-state index contributed by atoms with van der Waals surface area (Å²) in [6.45, 7) is 15.1. The van der Waals surface area contributed by atoms with Crippen molar-refractivity contribution in [2.24, 2.45) is 5.41 Å². The number of hydrogen-bond donors (Lipinski definition) is 1. The molecule has 0 radical (unpaired) electrons. The van der Waals surface area contributed by atoms with E-state index in [-0.39, 0.29) is 11.0 Å². The van der Waals surface area contributed by atoms with Gasteiger partial charge in [0.05, 0.1) is 5.69 Å². The van der Waals surface area contributed by atoms with Gasteiger partial charge in [-0.1, -0.05) is 20.8 Å². The van der Waals surface area contributed by atoms with Crippen molar-refractivity contribution >= 4 is 5.82 Å². The second kappa shape index (κ2) is 3.79. The van der Waals surface area contributed by atoms with Gasteiger partial charge >= 0.3 is 0 Å². The maximum atomic E-state index is 6.20. The zero-order valence-electron chi connectivity index (χ0n) is 11.7. The van der Waals surface area contributed by atoms with Crippen molar-refractivity contribution in [2.45, 2.75) is 60.4 Å². The molecule has 0 atom stereocenters. The highest BCUT2D eigenvalue weighted by Crippen LogP contribution is 2.28. The Hall–Kier alpha value is -0.990. The molecule has 1 heterocycles. The number of nitrogens with zero attached hydrogens (tertiary/aromatic N) is 2. The molecule has 0 aromatic carbocycles. The molecule has 0 unspecified atom stereocenters. The van der Waals surface area contributed by atoms with Crippen LogP contribution in [0.15, 0.2) is 0 Å². The van der Waals surface area contributed by atoms with E-state index in [0.717, 1.165) is 23.8 Å². The van der Waals surface area contributed by atoms with E-state index in [1.54, 1.807) is 0 Å². The van der Waals surface area contributed by atoms with Gasteiger partial charge in [0.25, 0.3) is 0 Å². The lowest BCUT2D eigenvalue weighted by Crippen LogP contribution is -2.25. The van der Waals surface area contributed by atoms with E-state index >= 15 is 0 Å². The van der Waals surface area contributed by atoms with Gasteiger partial charge in [-0.2, -0.15) is 0 Å². The van der Waals surface area contributed by atoms with Crippen LogP contribution in [0.1, 0.15) is 53.1 Å². The SMILES string of the molecule is Cc1nc(CC(C)(C)C)c(N)n1C(C)(C)C. The Labute approximate surface area is 99.1 Å². The largest absolute Gasteiger partial charge is 0.384 e. The lowest BCUT2D eigenvalue weighted by Gasteiger charge is -2.24. The lowest BCUT2D eigenvalue weighted by molar-refractivity contribution is 0.391. The number of aromatic nitrogens is 2. The molecule has 3 heteroatoms. The smallest absolute Gasteiger partial charge is 0.127 e. The van der Waals surface area contributed by atoms with Crippen LogP contribution in [0.4, 0.5) is 5.82 Å². The van der Waals surface area contributed by atoms with Gasteiger partial charge in [-0.3, -0.25) is 0 Å². The third kappa shape index (κ3) is 2.77. The van der Waals surface area contributed by atoms with Crippen molar-refractivity contribution < 1.29 is 0 Å². The Morgan fingerprint density at radius 2 is 1.62 bits per heavy atom. The van der Waals surface area contributed by atoms with Crippen molar-refractivity contribution in [1.29, 1.82) is 0 Å². The zero-order chi connectivity index (χ0) is 12.7. The van der Waals surface area contributed by atoms with Crippen LogP contribution in [-0.4, -0.2) is 9.55 Å². The van der Waals surface area contributed by atoms with E-state index in [0.29, 0.717) is 0 Å². The maximum Gasteiger partial charge on any atom is 0.127 e. The van der Waals surface area contributed by atoms with Crippen molar-refractivity contribution in [3.05, 3.63) is 11.5 Å². The number of nitrogens with two attached hydrogens (primary N) is 1. The van der Waals surface area contributed by atoms with E-state index < -0.39 is 0 Å². The molecule has 0 spiro atoms. The molecule has 1 aromatic rings. The standard InChI is InChI=1S/C13H25N3/c1-9-15-10(8-12(2,3)4)11(14)16(9)13(5,6)7/h8,14H2,1-7H3. The summed E-state index contributed by atoms with van der Waals surface area (Å²) in [4.78, 5) is 4.60. The second-order valence-electron chi connectivity index (χ2n) is 6.73. The summed E-state index contributed by atoms with van der Waals surface area (Å²) in [5, 5.41) is 0. The van der Waals surface area contributed by atoms with Crippen LogP contribution in [0.2, 0.25) is 0 Å². The molecule has 0 aliphatic carbocycles. The first kappa shape index (κ1) is 13.1. The predicted octanol–water partition coefficient (Wildman–Crippen LogP) is 3.12. The summed E-state index contributed by atoms with van der Waals surface area (Å²) < 4.78 is 2.12. The van der Waals surface area contributed by atoms with Gasteiger partial charge in [-0.25, -0.2) is 4.98 Å². The number of nitrogen functional groups attached to an aromatic ring is 1. The molecule has 2 N–H and O–H groups in total. The van der Waals surface area contributed by atoms with Gasteiger partial charge < -0.3 is 10.3 Å². The highest BCUT2D eigenvalue weighted by atomic mass is 15.2. The number of aryl methyl sites for hydroxylation is 1. The van der Waals surface area contributed by atoms with Crippen LogP contribution in [0.5, 0.6) is 0 Å². The minimum absolute atomic E-state index is 0.00268. The number of anilines is 1. The first-order valence-corrected chi connectivity index (χ1v) is 5.86. The van der Waals surface area contributed by atoms with E-state index in [2.05, 4.69) is 51.1 Å². The average Bonchev–Trinajstić information content (AvgIpc) is 2.21. The molecule has 0 fully saturated rings. The third-order valence-electron chi connectivity index (χ3n) is 2.53. The Bertz CT molecular complexity index is 375. The number of imidazole rings is 1. The summed E-state index contributed by atoms with van der Waals surface area (Å²) in [6, 6.07) is 0. The molecule has 0 amide bonds. The highest BCUT2D eigenvalue weighted by molar-refractivity contribution is 5.40.